The predicted octanol–water partition coefficient (Wildman–Crippen LogP) is 3.73. The Bertz CT molecular complexity index is 272. The smallest absolute Gasteiger partial charge is 0.125 e. The summed E-state index contributed by atoms with van der Waals surface area (Å²) in [6.07, 6.45) is 9.34. The highest BCUT2D eigenvalue weighted by Crippen LogP contribution is 2.06. The van der Waals surface area contributed by atoms with Crippen molar-refractivity contribution in [3.05, 3.63) is 23.9 Å². The van der Waals surface area contributed by atoms with Gasteiger partial charge in [-0.3, -0.25) is 0 Å². The zero-order valence-electron chi connectivity index (χ0n) is 10.3. The van der Waals surface area contributed by atoms with Crippen LogP contribution in [0.2, 0.25) is 0 Å². The van der Waals surface area contributed by atoms with Crippen LogP contribution < -0.4 is 5.32 Å². The summed E-state index contributed by atoms with van der Waals surface area (Å²) in [5.41, 5.74) is 1.21. The van der Waals surface area contributed by atoms with Crippen LogP contribution >= 0.6 is 11.8 Å². The first-order valence-electron chi connectivity index (χ1n) is 5.98. The minimum absolute atomic E-state index is 0.995. The maximum atomic E-state index is 4.31. The van der Waals surface area contributed by atoms with E-state index in [4.69, 9.17) is 0 Å². The maximum Gasteiger partial charge on any atom is 0.125 e. The Kier molecular flexibility index (Phi) is 7.06. The minimum Gasteiger partial charge on any atom is -0.370 e. The van der Waals surface area contributed by atoms with E-state index >= 15 is 0 Å². The fourth-order valence-electron chi connectivity index (χ4n) is 1.51. The van der Waals surface area contributed by atoms with Gasteiger partial charge in [0.1, 0.15) is 5.82 Å². The second kappa shape index (κ2) is 8.45. The van der Waals surface area contributed by atoms with Crippen molar-refractivity contribution in [1.29, 1.82) is 0 Å². The number of pyridine rings is 1. The largest absolute Gasteiger partial charge is 0.370 e. The number of hydrogen-bond donors (Lipinski definition) is 1. The van der Waals surface area contributed by atoms with Crippen LogP contribution in [0.4, 0.5) is 5.82 Å². The Morgan fingerprint density at radius 2 is 2.00 bits per heavy atom. The highest BCUT2D eigenvalue weighted by atomic mass is 32.2. The molecule has 0 atom stereocenters. The number of nitrogens with zero attached hydrogens (tertiary/aromatic N) is 1. The average Bonchev–Trinajstić information content (AvgIpc) is 2.30. The van der Waals surface area contributed by atoms with Crippen LogP contribution in [0.5, 0.6) is 0 Å². The Morgan fingerprint density at radius 3 is 2.69 bits per heavy atom. The molecular weight excluding hydrogens is 216 g/mol. The van der Waals surface area contributed by atoms with Crippen molar-refractivity contribution in [3.63, 3.8) is 0 Å². The number of anilines is 1. The molecule has 1 aromatic rings. The molecule has 1 rings (SSSR count). The van der Waals surface area contributed by atoms with Crippen LogP contribution in [0.15, 0.2) is 18.3 Å². The molecule has 0 aromatic carbocycles. The zero-order valence-corrected chi connectivity index (χ0v) is 11.1. The Hall–Kier alpha value is -0.700. The van der Waals surface area contributed by atoms with Gasteiger partial charge in [-0.15, -0.1) is 0 Å². The van der Waals surface area contributed by atoms with E-state index in [2.05, 4.69) is 29.5 Å². The molecule has 1 N–H and O–H groups in total. The van der Waals surface area contributed by atoms with Gasteiger partial charge in [0, 0.05) is 12.7 Å². The lowest BCUT2D eigenvalue weighted by Crippen LogP contribution is -2.03. The normalized spacial score (nSPS) is 10.4. The second-order valence-corrected chi connectivity index (χ2v) is 5.04. The van der Waals surface area contributed by atoms with Crippen LogP contribution in [0.25, 0.3) is 0 Å². The van der Waals surface area contributed by atoms with Gasteiger partial charge in [-0.05, 0) is 43.4 Å². The van der Waals surface area contributed by atoms with Crippen LogP contribution in [0.3, 0.4) is 0 Å². The van der Waals surface area contributed by atoms with Crippen molar-refractivity contribution in [1.82, 2.24) is 4.98 Å². The first kappa shape index (κ1) is 13.4. The quantitative estimate of drug-likeness (QED) is 0.699. The van der Waals surface area contributed by atoms with E-state index in [0.29, 0.717) is 0 Å². The molecule has 90 valence electrons. The highest BCUT2D eigenvalue weighted by Gasteiger charge is 1.93. The SMILES string of the molecule is CSCCCCCCNc1ccc(C)cn1. The maximum absolute atomic E-state index is 4.31. The van der Waals surface area contributed by atoms with Crippen molar-refractivity contribution in [2.24, 2.45) is 0 Å². The number of hydrogen-bond acceptors (Lipinski definition) is 3. The number of nitrogens with one attached hydrogen (secondary N) is 1. The monoisotopic (exact) mass is 238 g/mol. The molecule has 0 aliphatic rings. The number of aromatic nitrogens is 1. The van der Waals surface area contributed by atoms with Gasteiger partial charge in [0.25, 0.3) is 0 Å². The van der Waals surface area contributed by atoms with Crippen LogP contribution in [-0.2, 0) is 0 Å². The lowest BCUT2D eigenvalue weighted by molar-refractivity contribution is 0.688. The van der Waals surface area contributed by atoms with Gasteiger partial charge < -0.3 is 5.32 Å². The Balaban J connectivity index is 2.01. The van der Waals surface area contributed by atoms with E-state index in [9.17, 15) is 0 Å². The van der Waals surface area contributed by atoms with Crippen molar-refractivity contribution in [3.8, 4) is 0 Å². The molecule has 0 fully saturated rings. The summed E-state index contributed by atoms with van der Waals surface area (Å²) in [7, 11) is 0. The Morgan fingerprint density at radius 1 is 1.19 bits per heavy atom. The molecule has 2 nitrogen and oxygen atoms in total. The summed E-state index contributed by atoms with van der Waals surface area (Å²) in [4.78, 5) is 4.31. The molecule has 0 saturated heterocycles. The minimum atomic E-state index is 0.995. The van der Waals surface area contributed by atoms with E-state index in [1.165, 1.54) is 37.0 Å². The van der Waals surface area contributed by atoms with Gasteiger partial charge in [0.2, 0.25) is 0 Å². The number of thioether (sulfide) groups is 1. The van der Waals surface area contributed by atoms with Gasteiger partial charge in [-0.1, -0.05) is 18.9 Å². The molecule has 0 saturated carbocycles. The average molecular weight is 238 g/mol. The van der Waals surface area contributed by atoms with Crippen molar-refractivity contribution in [2.75, 3.05) is 23.9 Å². The third-order valence-electron chi connectivity index (χ3n) is 2.49. The summed E-state index contributed by atoms with van der Waals surface area (Å²) in [6.45, 7) is 3.10. The molecule has 16 heavy (non-hydrogen) atoms. The molecule has 3 heteroatoms. The van der Waals surface area contributed by atoms with E-state index in [1.54, 1.807) is 0 Å². The van der Waals surface area contributed by atoms with Crippen molar-refractivity contribution < 1.29 is 0 Å². The molecule has 0 amide bonds. The summed E-state index contributed by atoms with van der Waals surface area (Å²) >= 11 is 1.94. The van der Waals surface area contributed by atoms with Gasteiger partial charge in [0.15, 0.2) is 0 Å². The van der Waals surface area contributed by atoms with Crippen molar-refractivity contribution >= 4 is 17.6 Å². The fourth-order valence-corrected chi connectivity index (χ4v) is 2.01. The molecule has 0 radical (unpaired) electrons. The van der Waals surface area contributed by atoms with E-state index in [-0.39, 0.29) is 0 Å². The van der Waals surface area contributed by atoms with Gasteiger partial charge in [-0.2, -0.15) is 11.8 Å². The van der Waals surface area contributed by atoms with Gasteiger partial charge in [-0.25, -0.2) is 4.98 Å². The van der Waals surface area contributed by atoms with E-state index < -0.39 is 0 Å². The van der Waals surface area contributed by atoms with Crippen LogP contribution in [0, 0.1) is 6.92 Å². The molecular formula is C13H22N2S. The molecule has 0 aliphatic heterocycles. The summed E-state index contributed by atoms with van der Waals surface area (Å²) in [6, 6.07) is 4.14. The zero-order chi connectivity index (χ0) is 11.6. The summed E-state index contributed by atoms with van der Waals surface area (Å²) in [5.74, 6) is 2.29. The lowest BCUT2D eigenvalue weighted by atomic mass is 10.2. The first-order valence-corrected chi connectivity index (χ1v) is 7.38. The fraction of sp³-hybridized carbons (Fsp3) is 0.615. The number of unbranched alkanes of at least 4 members (excludes halogenated alkanes) is 3. The highest BCUT2D eigenvalue weighted by molar-refractivity contribution is 7.98. The molecule has 0 unspecified atom stereocenters. The topological polar surface area (TPSA) is 24.9 Å². The van der Waals surface area contributed by atoms with Gasteiger partial charge in [0.05, 0.1) is 0 Å². The standard InChI is InChI=1S/C13H22N2S/c1-12-7-8-13(15-11-12)14-9-5-3-4-6-10-16-2/h7-8,11H,3-6,9-10H2,1-2H3,(H,14,15). The van der Waals surface area contributed by atoms with Crippen LogP contribution in [0.1, 0.15) is 31.2 Å². The molecule has 0 bridgehead atoms. The lowest BCUT2D eigenvalue weighted by Gasteiger charge is -2.05. The van der Waals surface area contributed by atoms with E-state index in [1.807, 2.05) is 24.0 Å². The van der Waals surface area contributed by atoms with Crippen LogP contribution in [-0.4, -0.2) is 23.5 Å². The first-order chi connectivity index (χ1) is 7.83. The molecule has 0 aliphatic carbocycles. The molecule has 1 aromatic heterocycles. The number of rotatable bonds is 8. The van der Waals surface area contributed by atoms with Crippen molar-refractivity contribution in [2.45, 2.75) is 32.6 Å². The predicted molar refractivity (Wildman–Crippen MR) is 74.3 cm³/mol. The van der Waals surface area contributed by atoms with E-state index in [0.717, 1.165) is 12.4 Å². The number of aryl methyl sites for hydroxylation is 1. The second-order valence-electron chi connectivity index (χ2n) is 4.05. The third-order valence-corrected chi connectivity index (χ3v) is 3.19. The Labute approximate surface area is 103 Å². The molecule has 0 spiro atoms. The summed E-state index contributed by atoms with van der Waals surface area (Å²) in [5, 5.41) is 3.35. The third kappa shape index (κ3) is 6.01. The molecule has 1 heterocycles. The van der Waals surface area contributed by atoms with Gasteiger partial charge >= 0.3 is 0 Å². The summed E-state index contributed by atoms with van der Waals surface area (Å²) < 4.78 is 0.